The molecule has 0 aliphatic carbocycles. The summed E-state index contributed by atoms with van der Waals surface area (Å²) >= 11 is 0. The molecule has 1 amide bonds. The number of halogens is 1. The van der Waals surface area contributed by atoms with Crippen LogP contribution in [-0.4, -0.2) is 83.6 Å². The van der Waals surface area contributed by atoms with Crippen molar-refractivity contribution in [3.63, 3.8) is 0 Å². The van der Waals surface area contributed by atoms with Gasteiger partial charge < -0.3 is 25.3 Å². The molecule has 2 saturated heterocycles. The van der Waals surface area contributed by atoms with E-state index in [1.807, 2.05) is 0 Å². The first-order valence-electron chi connectivity index (χ1n) is 13.9. The normalized spacial score (nSPS) is 18.4. The van der Waals surface area contributed by atoms with Crippen molar-refractivity contribution >= 4 is 22.4 Å². The number of nitrogens with zero attached hydrogens (tertiary/aromatic N) is 3. The molecular weight excluding hydrogens is 495 g/mol. The van der Waals surface area contributed by atoms with Crippen LogP contribution in [0.5, 0.6) is 0 Å². The van der Waals surface area contributed by atoms with Crippen LogP contribution < -0.4 is 10.2 Å². The van der Waals surface area contributed by atoms with Crippen molar-refractivity contribution in [1.82, 2.24) is 15.1 Å². The monoisotopic (exact) mass is 534 g/mol. The third-order valence-electron chi connectivity index (χ3n) is 8.25. The van der Waals surface area contributed by atoms with E-state index < -0.39 is 11.6 Å². The molecule has 8 heteroatoms. The third kappa shape index (κ3) is 5.79. The van der Waals surface area contributed by atoms with Crippen molar-refractivity contribution in [3.05, 3.63) is 77.6 Å². The number of carbonyl (C=O) groups is 1. The predicted octanol–water partition coefficient (Wildman–Crippen LogP) is 3.26. The van der Waals surface area contributed by atoms with E-state index in [2.05, 4.69) is 58.4 Å². The quantitative estimate of drug-likeness (QED) is 0.347. The molecule has 2 fully saturated rings. The highest BCUT2D eigenvalue weighted by atomic mass is 19.1. The Balaban J connectivity index is 1.32. The lowest BCUT2D eigenvalue weighted by Crippen LogP contribution is -2.56. The van der Waals surface area contributed by atoms with E-state index in [-0.39, 0.29) is 24.9 Å². The molecule has 1 unspecified atom stereocenters. The molecule has 3 N–H and O–H groups in total. The molecular formula is C31H39FN4O3. The Morgan fingerprint density at radius 3 is 2.49 bits per heavy atom. The van der Waals surface area contributed by atoms with Gasteiger partial charge in [0.2, 0.25) is 5.91 Å². The van der Waals surface area contributed by atoms with Crippen molar-refractivity contribution in [2.45, 2.75) is 44.4 Å². The van der Waals surface area contributed by atoms with Crippen LogP contribution in [0.15, 0.2) is 60.7 Å². The number of aliphatic hydroxyl groups excluding tert-OH is 2. The van der Waals surface area contributed by atoms with Crippen LogP contribution in [-0.2, 0) is 11.3 Å². The second-order valence-corrected chi connectivity index (χ2v) is 10.9. The van der Waals surface area contributed by atoms with Crippen LogP contribution in [0.4, 0.5) is 10.1 Å². The zero-order valence-electron chi connectivity index (χ0n) is 22.7. The molecule has 0 saturated carbocycles. The summed E-state index contributed by atoms with van der Waals surface area (Å²) in [5.41, 5.74) is 2.67. The number of aliphatic hydroxyl groups is 2. The Kier molecular flexibility index (Phi) is 8.47. The summed E-state index contributed by atoms with van der Waals surface area (Å²) in [5.74, 6) is -0.276. The second-order valence-electron chi connectivity index (χ2n) is 10.9. The molecule has 0 bridgehead atoms. The molecule has 0 radical (unpaired) electrons. The van der Waals surface area contributed by atoms with Crippen molar-refractivity contribution in [3.8, 4) is 0 Å². The fraction of sp³-hybridized carbons (Fsp3) is 0.452. The average molecular weight is 535 g/mol. The molecule has 5 rings (SSSR count). The van der Waals surface area contributed by atoms with Gasteiger partial charge in [0.25, 0.3) is 0 Å². The maximum Gasteiger partial charge on any atom is 0.250 e. The number of piperidine rings is 1. The number of benzene rings is 3. The first kappa shape index (κ1) is 27.5. The van der Waals surface area contributed by atoms with Gasteiger partial charge in [-0.3, -0.25) is 9.69 Å². The summed E-state index contributed by atoms with van der Waals surface area (Å²) < 4.78 is 13.7. The summed E-state index contributed by atoms with van der Waals surface area (Å²) in [5, 5.41) is 25.3. The van der Waals surface area contributed by atoms with Gasteiger partial charge >= 0.3 is 0 Å². The lowest BCUT2D eigenvalue weighted by atomic mass is 9.85. The van der Waals surface area contributed by atoms with Gasteiger partial charge in [0.15, 0.2) is 0 Å². The topological polar surface area (TPSA) is 79.3 Å². The summed E-state index contributed by atoms with van der Waals surface area (Å²) in [6, 6.07) is 19.2. The van der Waals surface area contributed by atoms with Crippen LogP contribution in [0, 0.1) is 12.7 Å². The summed E-state index contributed by atoms with van der Waals surface area (Å²) in [6.07, 6.45) is 1.22. The standard InChI is InChI=1S/C31H39FN4O3/c1-23-5-2-6-24-7-3-8-25(29(23)24)20-34-16-13-31(14-17-34)30(39)35(21-28(38)19-33-15-4-18-37)22-36(31)27-11-9-26(32)10-12-27/h2-3,5-12,28,33,37-38H,4,13-22H2,1H3. The number of hydrogen-bond donors (Lipinski definition) is 3. The number of amides is 1. The van der Waals surface area contributed by atoms with Gasteiger partial charge in [0, 0.05) is 45.0 Å². The molecule has 2 aliphatic rings. The van der Waals surface area contributed by atoms with Gasteiger partial charge in [-0.15, -0.1) is 0 Å². The number of carbonyl (C=O) groups excluding carboxylic acids is 1. The van der Waals surface area contributed by atoms with E-state index in [9.17, 15) is 14.3 Å². The van der Waals surface area contributed by atoms with Crippen molar-refractivity contribution in [2.24, 2.45) is 0 Å². The van der Waals surface area contributed by atoms with E-state index in [4.69, 9.17) is 5.11 Å². The zero-order valence-corrected chi connectivity index (χ0v) is 22.7. The number of hydrogen-bond acceptors (Lipinski definition) is 6. The molecule has 39 heavy (non-hydrogen) atoms. The van der Waals surface area contributed by atoms with Gasteiger partial charge in [-0.05, 0) is 78.9 Å². The van der Waals surface area contributed by atoms with Gasteiger partial charge in [-0.2, -0.15) is 0 Å². The van der Waals surface area contributed by atoms with E-state index in [1.54, 1.807) is 17.0 Å². The Labute approximate surface area is 229 Å². The number of β-amino-alcohol motifs (C(OH)–C–C–N with tert-alkyl or cyclic N) is 1. The van der Waals surface area contributed by atoms with Crippen molar-refractivity contribution < 1.29 is 19.4 Å². The lowest BCUT2D eigenvalue weighted by molar-refractivity contribution is -0.134. The molecule has 208 valence electrons. The van der Waals surface area contributed by atoms with Crippen molar-refractivity contribution in [1.29, 1.82) is 0 Å². The van der Waals surface area contributed by atoms with Crippen LogP contribution in [0.2, 0.25) is 0 Å². The highest BCUT2D eigenvalue weighted by molar-refractivity contribution is 5.93. The van der Waals surface area contributed by atoms with Crippen LogP contribution in [0.1, 0.15) is 30.4 Å². The highest BCUT2D eigenvalue weighted by Crippen LogP contribution is 2.40. The van der Waals surface area contributed by atoms with E-state index in [1.165, 1.54) is 34.0 Å². The first-order chi connectivity index (χ1) is 18.9. The minimum absolute atomic E-state index is 0.0295. The maximum atomic E-state index is 14.0. The molecule has 7 nitrogen and oxygen atoms in total. The van der Waals surface area contributed by atoms with Gasteiger partial charge in [0.05, 0.1) is 12.8 Å². The Bertz CT molecular complexity index is 1270. The number of fused-ring (bicyclic) bond motifs is 1. The minimum atomic E-state index is -0.715. The first-order valence-corrected chi connectivity index (χ1v) is 13.9. The smallest absolute Gasteiger partial charge is 0.250 e. The zero-order chi connectivity index (χ0) is 27.4. The summed E-state index contributed by atoms with van der Waals surface area (Å²) in [7, 11) is 0. The number of anilines is 1. The van der Waals surface area contributed by atoms with Gasteiger partial charge in [-0.25, -0.2) is 4.39 Å². The molecule has 1 spiro atoms. The van der Waals surface area contributed by atoms with Crippen molar-refractivity contribution in [2.75, 3.05) is 50.9 Å². The van der Waals surface area contributed by atoms with Crippen LogP contribution in [0.25, 0.3) is 10.8 Å². The minimum Gasteiger partial charge on any atom is -0.396 e. The highest BCUT2D eigenvalue weighted by Gasteiger charge is 2.53. The molecule has 2 aliphatic heterocycles. The Morgan fingerprint density at radius 2 is 1.77 bits per heavy atom. The lowest BCUT2D eigenvalue weighted by Gasteiger charge is -2.43. The number of nitrogens with one attached hydrogen (secondary N) is 1. The SMILES string of the molecule is Cc1cccc2cccc(CN3CCC4(CC3)C(=O)N(CC(O)CNCCCO)CN4c3ccc(F)cc3)c12. The fourth-order valence-electron chi connectivity index (χ4n) is 6.22. The van der Waals surface area contributed by atoms with Gasteiger partial charge in [0.1, 0.15) is 11.4 Å². The van der Waals surface area contributed by atoms with E-state index in [0.717, 1.165) is 25.3 Å². The van der Waals surface area contributed by atoms with E-state index in [0.29, 0.717) is 39.0 Å². The molecule has 0 aromatic heterocycles. The summed E-state index contributed by atoms with van der Waals surface area (Å²) in [6.45, 7) is 6.16. The Morgan fingerprint density at radius 1 is 1.05 bits per heavy atom. The number of aryl methyl sites for hydroxylation is 1. The third-order valence-corrected chi connectivity index (χ3v) is 8.25. The van der Waals surface area contributed by atoms with Crippen LogP contribution >= 0.6 is 0 Å². The molecule has 3 aromatic carbocycles. The molecule has 1 atom stereocenters. The largest absolute Gasteiger partial charge is 0.396 e. The Hall–Kier alpha value is -3.04. The number of rotatable bonds is 10. The second kappa shape index (κ2) is 12.0. The molecule has 3 aromatic rings. The summed E-state index contributed by atoms with van der Waals surface area (Å²) in [4.78, 5) is 20.2. The van der Waals surface area contributed by atoms with Crippen LogP contribution in [0.3, 0.4) is 0 Å². The molecule has 2 heterocycles. The van der Waals surface area contributed by atoms with Gasteiger partial charge in [-0.1, -0.05) is 36.4 Å². The maximum absolute atomic E-state index is 14.0. The average Bonchev–Trinajstić information content (AvgIpc) is 3.19. The number of likely N-dealkylation sites (tertiary alicyclic amines) is 1. The predicted molar refractivity (Wildman–Crippen MR) is 152 cm³/mol. The fourth-order valence-corrected chi connectivity index (χ4v) is 6.22. The van der Waals surface area contributed by atoms with E-state index >= 15 is 0 Å².